The van der Waals surface area contributed by atoms with Crippen LogP contribution in [0.15, 0.2) is 0 Å². The maximum absolute atomic E-state index is 12.8. The monoisotopic (exact) mass is 461 g/mol. The summed E-state index contributed by atoms with van der Waals surface area (Å²) >= 11 is 3.96. The highest BCUT2D eigenvalue weighted by molar-refractivity contribution is 7.80. The molecule has 0 radical (unpaired) electrons. The fourth-order valence-corrected chi connectivity index (χ4v) is 2.82. The summed E-state index contributed by atoms with van der Waals surface area (Å²) in [6.45, 7) is 7.11. The van der Waals surface area contributed by atoms with Crippen LogP contribution in [0.25, 0.3) is 0 Å². The smallest absolute Gasteiger partial charge is 0.326 e. The van der Waals surface area contributed by atoms with Crippen molar-refractivity contribution in [1.82, 2.24) is 16.0 Å². The van der Waals surface area contributed by atoms with Crippen LogP contribution in [0.1, 0.15) is 47.0 Å². The first-order valence-electron chi connectivity index (χ1n) is 10.1. The third kappa shape index (κ3) is 11.0. The van der Waals surface area contributed by atoms with Gasteiger partial charge >= 0.3 is 5.97 Å². The molecule has 0 aliphatic heterocycles. The molecule has 11 nitrogen and oxygen atoms in total. The Balaban J connectivity index is 5.40. The third-order valence-corrected chi connectivity index (χ3v) is 4.81. The van der Waals surface area contributed by atoms with Crippen molar-refractivity contribution in [3.8, 4) is 0 Å². The zero-order valence-electron chi connectivity index (χ0n) is 18.4. The van der Waals surface area contributed by atoms with Crippen LogP contribution in [0.3, 0.4) is 0 Å². The van der Waals surface area contributed by atoms with Crippen LogP contribution in [0.2, 0.25) is 0 Å². The Hall–Kier alpha value is -2.34. The van der Waals surface area contributed by atoms with Gasteiger partial charge in [0.1, 0.15) is 18.1 Å². The van der Waals surface area contributed by atoms with Gasteiger partial charge in [-0.05, 0) is 24.7 Å². The zero-order chi connectivity index (χ0) is 24.3. The number of amides is 4. The number of thiol groups is 1. The molecule has 0 aromatic carbocycles. The number of nitrogens with two attached hydrogens (primary N) is 2. The van der Waals surface area contributed by atoms with Crippen LogP contribution in [-0.2, 0) is 24.0 Å². The lowest BCUT2D eigenvalue weighted by Crippen LogP contribution is -2.58. The predicted octanol–water partition coefficient (Wildman–Crippen LogP) is -1.25. The zero-order valence-corrected chi connectivity index (χ0v) is 19.3. The van der Waals surface area contributed by atoms with E-state index >= 15 is 0 Å². The van der Waals surface area contributed by atoms with E-state index in [4.69, 9.17) is 11.5 Å². The lowest BCUT2D eigenvalue weighted by molar-refractivity contribution is -0.142. The molecule has 0 fully saturated rings. The van der Waals surface area contributed by atoms with Crippen molar-refractivity contribution in [2.75, 3.05) is 5.75 Å². The van der Waals surface area contributed by atoms with E-state index < -0.39 is 53.8 Å². The molecule has 0 saturated heterocycles. The van der Waals surface area contributed by atoms with Crippen LogP contribution in [0.5, 0.6) is 0 Å². The highest BCUT2D eigenvalue weighted by atomic mass is 32.1. The van der Waals surface area contributed by atoms with E-state index in [0.29, 0.717) is 0 Å². The van der Waals surface area contributed by atoms with E-state index in [1.54, 1.807) is 13.8 Å². The molecule has 0 aromatic rings. The maximum Gasteiger partial charge on any atom is 0.326 e. The molecular formula is C19H35N5O6S. The number of hydrogen-bond donors (Lipinski definition) is 7. The Morgan fingerprint density at radius 1 is 0.903 bits per heavy atom. The standard InChI is InChI=1S/C19H35N5O6S/c1-9(2)7-13(17(27)22-12(19(29)30)5-6-14(21)25)23-18(28)15(10(3)4)24-16(26)11(20)8-31/h9-13,15,31H,5-8,20H2,1-4H3,(H2,21,25)(H,22,27)(H,23,28)(H,24,26)(H,29,30). The first-order valence-corrected chi connectivity index (χ1v) is 10.7. The molecule has 0 bridgehead atoms. The van der Waals surface area contributed by atoms with E-state index in [9.17, 15) is 29.1 Å². The minimum atomic E-state index is -1.33. The summed E-state index contributed by atoms with van der Waals surface area (Å²) in [5.41, 5.74) is 10.7. The predicted molar refractivity (Wildman–Crippen MR) is 118 cm³/mol. The third-order valence-electron chi connectivity index (χ3n) is 4.41. The van der Waals surface area contributed by atoms with Crippen molar-refractivity contribution in [1.29, 1.82) is 0 Å². The van der Waals surface area contributed by atoms with Gasteiger partial charge in [0.05, 0.1) is 6.04 Å². The molecule has 8 N–H and O–H groups in total. The molecule has 4 unspecified atom stereocenters. The van der Waals surface area contributed by atoms with Gasteiger partial charge in [0.25, 0.3) is 0 Å². The molecule has 4 atom stereocenters. The van der Waals surface area contributed by atoms with Crippen molar-refractivity contribution in [3.05, 3.63) is 0 Å². The number of primary amides is 1. The van der Waals surface area contributed by atoms with Crippen LogP contribution >= 0.6 is 12.6 Å². The number of carbonyl (C=O) groups excluding carboxylic acids is 4. The topological polar surface area (TPSA) is 194 Å². The van der Waals surface area contributed by atoms with Gasteiger partial charge in [-0.3, -0.25) is 19.2 Å². The molecule has 31 heavy (non-hydrogen) atoms. The minimum Gasteiger partial charge on any atom is -0.480 e. The largest absolute Gasteiger partial charge is 0.480 e. The Labute approximate surface area is 187 Å². The number of nitrogens with one attached hydrogen (secondary N) is 3. The molecule has 178 valence electrons. The Morgan fingerprint density at radius 3 is 1.87 bits per heavy atom. The quantitative estimate of drug-likeness (QED) is 0.157. The molecule has 12 heteroatoms. The van der Waals surface area contributed by atoms with Crippen LogP contribution in [0.4, 0.5) is 0 Å². The normalized spacial score (nSPS) is 15.0. The fourth-order valence-electron chi connectivity index (χ4n) is 2.66. The van der Waals surface area contributed by atoms with Crippen molar-refractivity contribution in [3.63, 3.8) is 0 Å². The second-order valence-electron chi connectivity index (χ2n) is 8.11. The van der Waals surface area contributed by atoms with Crippen LogP contribution in [-0.4, -0.2) is 64.6 Å². The molecular weight excluding hydrogens is 426 g/mol. The molecule has 0 saturated carbocycles. The Bertz CT molecular complexity index is 658. The highest BCUT2D eigenvalue weighted by Gasteiger charge is 2.31. The van der Waals surface area contributed by atoms with Gasteiger partial charge in [0, 0.05) is 12.2 Å². The van der Waals surface area contributed by atoms with E-state index in [-0.39, 0.29) is 36.9 Å². The average Bonchev–Trinajstić information content (AvgIpc) is 2.66. The van der Waals surface area contributed by atoms with Crippen LogP contribution in [0, 0.1) is 11.8 Å². The lowest BCUT2D eigenvalue weighted by atomic mass is 9.99. The Kier molecular flexibility index (Phi) is 12.8. The number of hydrogen-bond acceptors (Lipinski definition) is 7. The maximum atomic E-state index is 12.8. The second-order valence-corrected chi connectivity index (χ2v) is 8.48. The van der Waals surface area contributed by atoms with Crippen molar-refractivity contribution >= 4 is 42.2 Å². The van der Waals surface area contributed by atoms with E-state index in [0.717, 1.165) is 0 Å². The summed E-state index contributed by atoms with van der Waals surface area (Å²) in [6.07, 6.45) is -0.162. The van der Waals surface area contributed by atoms with E-state index in [2.05, 4.69) is 28.6 Å². The van der Waals surface area contributed by atoms with E-state index in [1.165, 1.54) is 0 Å². The molecule has 0 aliphatic carbocycles. The summed E-state index contributed by atoms with van der Waals surface area (Å²) in [7, 11) is 0. The van der Waals surface area contributed by atoms with Gasteiger partial charge in [-0.25, -0.2) is 4.79 Å². The van der Waals surface area contributed by atoms with Gasteiger partial charge in [-0.1, -0.05) is 27.7 Å². The van der Waals surface area contributed by atoms with Crippen molar-refractivity contribution in [2.45, 2.75) is 71.1 Å². The Morgan fingerprint density at radius 2 is 1.45 bits per heavy atom. The van der Waals surface area contributed by atoms with Crippen molar-refractivity contribution < 1.29 is 29.1 Å². The molecule has 4 amide bonds. The summed E-state index contributed by atoms with van der Waals surface area (Å²) in [5, 5.41) is 16.8. The molecule has 0 spiro atoms. The van der Waals surface area contributed by atoms with E-state index in [1.807, 2.05) is 13.8 Å². The fraction of sp³-hybridized carbons (Fsp3) is 0.737. The summed E-state index contributed by atoms with van der Waals surface area (Å²) in [6, 6.07) is -4.22. The molecule has 0 aliphatic rings. The van der Waals surface area contributed by atoms with Gasteiger partial charge in [0.15, 0.2) is 0 Å². The van der Waals surface area contributed by atoms with Gasteiger partial charge in [-0.15, -0.1) is 0 Å². The summed E-state index contributed by atoms with van der Waals surface area (Å²) in [4.78, 5) is 60.0. The van der Waals surface area contributed by atoms with Crippen LogP contribution < -0.4 is 27.4 Å². The molecule has 0 heterocycles. The summed E-state index contributed by atoms with van der Waals surface area (Å²) in [5.74, 6) is -4.08. The molecule has 0 aromatic heterocycles. The SMILES string of the molecule is CC(C)CC(NC(=O)C(NC(=O)C(N)CS)C(C)C)C(=O)NC(CCC(N)=O)C(=O)O. The second kappa shape index (κ2) is 13.9. The van der Waals surface area contributed by atoms with Crippen molar-refractivity contribution in [2.24, 2.45) is 23.3 Å². The first-order chi connectivity index (χ1) is 14.3. The number of carbonyl (C=O) groups is 5. The highest BCUT2D eigenvalue weighted by Crippen LogP contribution is 2.09. The number of aliphatic carboxylic acids is 1. The van der Waals surface area contributed by atoms with Gasteiger partial charge in [0.2, 0.25) is 23.6 Å². The summed E-state index contributed by atoms with van der Waals surface area (Å²) < 4.78 is 0. The number of carboxylic acid groups (broad SMARTS) is 1. The number of rotatable bonds is 14. The van der Waals surface area contributed by atoms with Gasteiger partial charge < -0.3 is 32.5 Å². The number of carboxylic acids is 1. The average molecular weight is 462 g/mol. The lowest BCUT2D eigenvalue weighted by Gasteiger charge is -2.27. The first kappa shape index (κ1) is 28.7. The van der Waals surface area contributed by atoms with Gasteiger partial charge in [-0.2, -0.15) is 12.6 Å². The minimum absolute atomic E-state index is 0.00496. The molecule has 0 rings (SSSR count).